The Morgan fingerprint density at radius 2 is 1.76 bits per heavy atom. The highest BCUT2D eigenvalue weighted by atomic mass is 16.5. The third-order valence-electron chi connectivity index (χ3n) is 3.73. The zero-order valence-electron chi connectivity index (χ0n) is 13.0. The summed E-state index contributed by atoms with van der Waals surface area (Å²) in [6.45, 7) is 6.28. The van der Waals surface area contributed by atoms with Crippen LogP contribution in [-0.2, 0) is 6.42 Å². The van der Waals surface area contributed by atoms with Gasteiger partial charge in [0.15, 0.2) is 12.4 Å². The van der Waals surface area contributed by atoms with Gasteiger partial charge in [-0.2, -0.15) is 0 Å². The summed E-state index contributed by atoms with van der Waals surface area (Å²) in [6.07, 6.45) is 2.16. The molecule has 0 N–H and O–H groups in total. The SMILES string of the molecule is CCCc1ccc(C(=O)COc2cccc(C)c2C)cc1. The molecule has 110 valence electrons. The third kappa shape index (κ3) is 3.94. The van der Waals surface area contributed by atoms with E-state index < -0.39 is 0 Å². The lowest BCUT2D eigenvalue weighted by Crippen LogP contribution is -2.12. The Labute approximate surface area is 126 Å². The van der Waals surface area contributed by atoms with Crippen LogP contribution in [0.1, 0.15) is 40.4 Å². The lowest BCUT2D eigenvalue weighted by Gasteiger charge is -2.10. The number of rotatable bonds is 6. The molecular weight excluding hydrogens is 260 g/mol. The van der Waals surface area contributed by atoms with Gasteiger partial charge in [-0.15, -0.1) is 0 Å². The van der Waals surface area contributed by atoms with E-state index in [4.69, 9.17) is 4.74 Å². The first-order chi connectivity index (χ1) is 10.1. The smallest absolute Gasteiger partial charge is 0.200 e. The fourth-order valence-corrected chi connectivity index (χ4v) is 2.25. The highest BCUT2D eigenvalue weighted by Gasteiger charge is 2.08. The second-order valence-corrected chi connectivity index (χ2v) is 5.36. The van der Waals surface area contributed by atoms with Crippen molar-refractivity contribution >= 4 is 5.78 Å². The topological polar surface area (TPSA) is 26.3 Å². The standard InChI is InChI=1S/C19H22O2/c1-4-6-16-9-11-17(12-10-16)18(20)13-21-19-8-5-7-14(2)15(19)3/h5,7-12H,4,6,13H2,1-3H3. The molecule has 2 nitrogen and oxygen atoms in total. The molecular formula is C19H22O2. The van der Waals surface area contributed by atoms with E-state index in [1.54, 1.807) is 0 Å². The van der Waals surface area contributed by atoms with Crippen LogP contribution < -0.4 is 4.74 Å². The van der Waals surface area contributed by atoms with E-state index in [1.807, 2.05) is 56.3 Å². The number of carbonyl (C=O) groups excluding carboxylic acids is 1. The van der Waals surface area contributed by atoms with E-state index in [1.165, 1.54) is 11.1 Å². The second kappa shape index (κ2) is 7.07. The fourth-order valence-electron chi connectivity index (χ4n) is 2.25. The summed E-state index contributed by atoms with van der Waals surface area (Å²) in [7, 11) is 0. The number of aryl methyl sites for hydroxylation is 2. The average Bonchev–Trinajstić information content (AvgIpc) is 2.49. The fraction of sp³-hybridized carbons (Fsp3) is 0.316. The van der Waals surface area contributed by atoms with E-state index in [0.717, 1.165) is 24.2 Å². The van der Waals surface area contributed by atoms with Crippen LogP contribution in [0.15, 0.2) is 42.5 Å². The highest BCUT2D eigenvalue weighted by molar-refractivity contribution is 5.97. The summed E-state index contributed by atoms with van der Waals surface area (Å²) in [6, 6.07) is 13.7. The van der Waals surface area contributed by atoms with Gasteiger partial charge in [0, 0.05) is 5.56 Å². The molecule has 0 unspecified atom stereocenters. The zero-order chi connectivity index (χ0) is 15.2. The van der Waals surface area contributed by atoms with Crippen LogP contribution in [-0.4, -0.2) is 12.4 Å². The van der Waals surface area contributed by atoms with Gasteiger partial charge in [0.25, 0.3) is 0 Å². The molecule has 0 bridgehead atoms. The molecule has 0 heterocycles. The van der Waals surface area contributed by atoms with E-state index in [0.29, 0.717) is 5.56 Å². The Morgan fingerprint density at radius 3 is 2.43 bits per heavy atom. The largest absolute Gasteiger partial charge is 0.485 e. The number of Topliss-reactive ketones (excluding diaryl/α,β-unsaturated/α-hetero) is 1. The van der Waals surface area contributed by atoms with Crippen molar-refractivity contribution < 1.29 is 9.53 Å². The molecule has 2 heteroatoms. The predicted octanol–water partition coefficient (Wildman–Crippen LogP) is 4.52. The van der Waals surface area contributed by atoms with Crippen molar-refractivity contribution in [1.29, 1.82) is 0 Å². The quantitative estimate of drug-likeness (QED) is 0.728. The molecule has 0 amide bonds. The molecule has 0 aliphatic carbocycles. The van der Waals surface area contributed by atoms with Crippen LogP contribution in [0.25, 0.3) is 0 Å². The Morgan fingerprint density at radius 1 is 1.05 bits per heavy atom. The molecule has 0 aliphatic heterocycles. The molecule has 0 saturated heterocycles. The normalized spacial score (nSPS) is 10.4. The van der Waals surface area contributed by atoms with Crippen molar-refractivity contribution in [3.05, 3.63) is 64.7 Å². The van der Waals surface area contributed by atoms with E-state index in [-0.39, 0.29) is 12.4 Å². The molecule has 2 aromatic rings. The molecule has 0 aromatic heterocycles. The number of ether oxygens (including phenoxy) is 1. The summed E-state index contributed by atoms with van der Waals surface area (Å²) in [5.41, 5.74) is 4.23. The number of hydrogen-bond acceptors (Lipinski definition) is 2. The third-order valence-corrected chi connectivity index (χ3v) is 3.73. The Hall–Kier alpha value is -2.09. The number of hydrogen-bond donors (Lipinski definition) is 0. The Kier molecular flexibility index (Phi) is 5.15. The summed E-state index contributed by atoms with van der Waals surface area (Å²) in [5, 5.41) is 0. The van der Waals surface area contributed by atoms with Gasteiger partial charge < -0.3 is 4.74 Å². The Balaban J connectivity index is 1.99. The van der Waals surface area contributed by atoms with Crippen LogP contribution in [0.4, 0.5) is 0 Å². The van der Waals surface area contributed by atoms with E-state index in [2.05, 4.69) is 6.92 Å². The summed E-state index contributed by atoms with van der Waals surface area (Å²) in [4.78, 5) is 12.2. The molecule has 0 saturated carbocycles. The second-order valence-electron chi connectivity index (χ2n) is 5.36. The molecule has 0 radical (unpaired) electrons. The lowest BCUT2D eigenvalue weighted by molar-refractivity contribution is 0.0921. The minimum Gasteiger partial charge on any atom is -0.485 e. The predicted molar refractivity (Wildman–Crippen MR) is 86.2 cm³/mol. The highest BCUT2D eigenvalue weighted by Crippen LogP contribution is 2.20. The molecule has 21 heavy (non-hydrogen) atoms. The van der Waals surface area contributed by atoms with Crippen LogP contribution in [0.2, 0.25) is 0 Å². The molecule has 2 aromatic carbocycles. The van der Waals surface area contributed by atoms with Crippen molar-refractivity contribution in [3.63, 3.8) is 0 Å². The van der Waals surface area contributed by atoms with E-state index in [9.17, 15) is 4.79 Å². The van der Waals surface area contributed by atoms with Crippen molar-refractivity contribution in [2.45, 2.75) is 33.6 Å². The maximum atomic E-state index is 12.2. The van der Waals surface area contributed by atoms with Crippen LogP contribution >= 0.6 is 0 Å². The molecule has 0 atom stereocenters. The minimum atomic E-state index is 0.0129. The van der Waals surface area contributed by atoms with Gasteiger partial charge in [-0.25, -0.2) is 0 Å². The molecule has 0 fully saturated rings. The maximum absolute atomic E-state index is 12.2. The number of benzene rings is 2. The van der Waals surface area contributed by atoms with Crippen LogP contribution in [0.5, 0.6) is 5.75 Å². The van der Waals surface area contributed by atoms with Crippen LogP contribution in [0, 0.1) is 13.8 Å². The van der Waals surface area contributed by atoms with Gasteiger partial charge in [-0.3, -0.25) is 4.79 Å². The van der Waals surface area contributed by atoms with Crippen molar-refractivity contribution in [1.82, 2.24) is 0 Å². The maximum Gasteiger partial charge on any atom is 0.200 e. The van der Waals surface area contributed by atoms with Crippen molar-refractivity contribution in [3.8, 4) is 5.75 Å². The molecule has 0 aliphatic rings. The first kappa shape index (κ1) is 15.3. The lowest BCUT2D eigenvalue weighted by atomic mass is 10.1. The summed E-state index contributed by atoms with van der Waals surface area (Å²) in [5.74, 6) is 0.796. The average molecular weight is 282 g/mol. The molecule has 2 rings (SSSR count). The Bertz CT molecular complexity index is 612. The minimum absolute atomic E-state index is 0.0129. The van der Waals surface area contributed by atoms with Crippen molar-refractivity contribution in [2.24, 2.45) is 0 Å². The van der Waals surface area contributed by atoms with Gasteiger partial charge in [-0.1, -0.05) is 49.7 Å². The number of carbonyl (C=O) groups is 1. The first-order valence-electron chi connectivity index (χ1n) is 7.43. The van der Waals surface area contributed by atoms with Gasteiger partial charge in [0.05, 0.1) is 0 Å². The van der Waals surface area contributed by atoms with Gasteiger partial charge >= 0.3 is 0 Å². The van der Waals surface area contributed by atoms with Gasteiger partial charge in [-0.05, 0) is 43.0 Å². The monoisotopic (exact) mass is 282 g/mol. The summed E-state index contributed by atoms with van der Waals surface area (Å²) < 4.78 is 5.66. The van der Waals surface area contributed by atoms with Crippen LogP contribution in [0.3, 0.4) is 0 Å². The first-order valence-corrected chi connectivity index (χ1v) is 7.43. The molecule has 0 spiro atoms. The zero-order valence-corrected chi connectivity index (χ0v) is 13.0. The summed E-state index contributed by atoms with van der Waals surface area (Å²) >= 11 is 0. The van der Waals surface area contributed by atoms with E-state index >= 15 is 0 Å². The van der Waals surface area contributed by atoms with Crippen molar-refractivity contribution in [2.75, 3.05) is 6.61 Å². The van der Waals surface area contributed by atoms with Gasteiger partial charge in [0.1, 0.15) is 5.75 Å². The number of ketones is 1. The van der Waals surface area contributed by atoms with Gasteiger partial charge in [0.2, 0.25) is 0 Å².